The maximum atomic E-state index is 12.5. The van der Waals surface area contributed by atoms with Crippen LogP contribution in [0, 0.1) is 0 Å². The molecule has 0 aliphatic heterocycles. The summed E-state index contributed by atoms with van der Waals surface area (Å²) in [6, 6.07) is 4.63. The van der Waals surface area contributed by atoms with E-state index in [2.05, 4.69) is 5.16 Å². The largest absolute Gasteiger partial charge is 0.550 e. The van der Waals surface area contributed by atoms with Crippen molar-refractivity contribution < 1.29 is 42.0 Å². The van der Waals surface area contributed by atoms with Crippen LogP contribution in [0.1, 0.15) is 19.4 Å². The first-order valence-corrected chi connectivity index (χ1v) is 9.95. The van der Waals surface area contributed by atoms with Crippen LogP contribution in [0.15, 0.2) is 23.4 Å². The highest BCUT2D eigenvalue weighted by Crippen LogP contribution is 2.49. The number of phosphoric acid groups is 1. The number of carbonyl (C=O) groups excluding carboxylic acids is 1. The number of benzene rings is 1. The molecule has 0 amide bonds. The molecule has 10 nitrogen and oxygen atoms in total. The molecular formula is C17H26NO9P. The molecular weight excluding hydrogens is 393 g/mol. The van der Waals surface area contributed by atoms with E-state index in [-0.39, 0.29) is 32.1 Å². The van der Waals surface area contributed by atoms with Gasteiger partial charge in [-0.05, 0) is 32.0 Å². The van der Waals surface area contributed by atoms with E-state index >= 15 is 0 Å². The molecule has 28 heavy (non-hydrogen) atoms. The van der Waals surface area contributed by atoms with Crippen LogP contribution in [0.5, 0.6) is 11.5 Å². The normalized spacial score (nSPS) is 11.8. The summed E-state index contributed by atoms with van der Waals surface area (Å²) in [6.07, 6.45) is 0. The minimum atomic E-state index is -3.98. The van der Waals surface area contributed by atoms with Crippen LogP contribution in [0.4, 0.5) is 0 Å². The molecule has 0 aromatic heterocycles. The van der Waals surface area contributed by atoms with Gasteiger partial charge in [0.05, 0.1) is 34.0 Å². The van der Waals surface area contributed by atoms with Crippen molar-refractivity contribution in [2.75, 3.05) is 47.8 Å². The molecule has 11 heteroatoms. The first-order valence-electron chi connectivity index (χ1n) is 8.48. The fraction of sp³-hybridized carbons (Fsp3) is 0.529. The highest BCUT2D eigenvalue weighted by atomic mass is 31.2. The third-order valence-electron chi connectivity index (χ3n) is 3.18. The summed E-state index contributed by atoms with van der Waals surface area (Å²) in [4.78, 5) is 12.5. The van der Waals surface area contributed by atoms with Gasteiger partial charge in [-0.1, -0.05) is 5.16 Å². The molecule has 0 bridgehead atoms. The van der Waals surface area contributed by atoms with E-state index in [1.165, 1.54) is 27.4 Å². The molecule has 0 saturated heterocycles. The summed E-state index contributed by atoms with van der Waals surface area (Å²) in [6.45, 7) is 3.56. The Balaban J connectivity index is 3.25. The lowest BCUT2D eigenvalue weighted by Gasteiger charge is -2.15. The molecule has 1 rings (SSSR count). The number of hydrogen-bond donors (Lipinski definition) is 0. The first-order chi connectivity index (χ1) is 13.4. The van der Waals surface area contributed by atoms with Crippen molar-refractivity contribution in [3.8, 4) is 11.5 Å². The average Bonchev–Trinajstić information content (AvgIpc) is 2.68. The molecule has 0 aliphatic carbocycles. The topological polar surface area (TPSA) is 111 Å². The van der Waals surface area contributed by atoms with Crippen LogP contribution >= 0.6 is 7.82 Å². The van der Waals surface area contributed by atoms with Gasteiger partial charge >= 0.3 is 13.8 Å². The second-order valence-corrected chi connectivity index (χ2v) is 6.58. The Morgan fingerprint density at radius 2 is 1.64 bits per heavy atom. The maximum Gasteiger partial charge on any atom is 0.550 e. The Morgan fingerprint density at radius 1 is 1.00 bits per heavy atom. The van der Waals surface area contributed by atoms with Crippen molar-refractivity contribution in [1.29, 1.82) is 0 Å². The smallest absolute Gasteiger partial charge is 0.493 e. The van der Waals surface area contributed by atoms with Gasteiger partial charge < -0.3 is 18.9 Å². The minimum Gasteiger partial charge on any atom is -0.493 e. The first kappa shape index (κ1) is 23.9. The molecule has 1 aromatic rings. The standard InChI is InChI=1S/C17H26NO9P/c1-6-25-28(20,26-7-2)27-18-16(17(19)24-11-10-21-3)13-8-9-14(22-4)15(12-13)23-5/h8-9,12H,6-7,10-11H2,1-5H3. The van der Waals surface area contributed by atoms with Gasteiger partial charge in [0.25, 0.3) is 0 Å². The summed E-state index contributed by atoms with van der Waals surface area (Å²) >= 11 is 0. The number of hydrogen-bond acceptors (Lipinski definition) is 10. The third-order valence-corrected chi connectivity index (χ3v) is 4.61. The zero-order valence-electron chi connectivity index (χ0n) is 16.6. The van der Waals surface area contributed by atoms with E-state index in [9.17, 15) is 9.36 Å². The Kier molecular flexibility index (Phi) is 10.5. The van der Waals surface area contributed by atoms with Gasteiger partial charge in [-0.15, -0.1) is 0 Å². The molecule has 0 aliphatic rings. The van der Waals surface area contributed by atoms with Gasteiger partial charge in [0.2, 0.25) is 0 Å². The van der Waals surface area contributed by atoms with Gasteiger partial charge in [-0.3, -0.25) is 13.7 Å². The average molecular weight is 419 g/mol. The van der Waals surface area contributed by atoms with E-state index < -0.39 is 13.8 Å². The number of rotatable bonds is 13. The zero-order chi connectivity index (χ0) is 21.0. The molecule has 0 heterocycles. The van der Waals surface area contributed by atoms with Crippen molar-refractivity contribution in [2.24, 2.45) is 5.16 Å². The Morgan fingerprint density at radius 3 is 2.18 bits per heavy atom. The lowest BCUT2D eigenvalue weighted by molar-refractivity contribution is -0.136. The molecule has 158 valence electrons. The van der Waals surface area contributed by atoms with Gasteiger partial charge in [0.15, 0.2) is 17.2 Å². The predicted molar refractivity (Wildman–Crippen MR) is 101 cm³/mol. The number of ether oxygens (including phenoxy) is 4. The summed E-state index contributed by atoms with van der Waals surface area (Å²) < 4.78 is 47.8. The van der Waals surface area contributed by atoms with Crippen LogP contribution in [-0.2, 0) is 32.5 Å². The molecule has 0 N–H and O–H groups in total. The van der Waals surface area contributed by atoms with E-state index in [0.29, 0.717) is 17.1 Å². The second kappa shape index (κ2) is 12.4. The monoisotopic (exact) mass is 419 g/mol. The maximum absolute atomic E-state index is 12.5. The number of methoxy groups -OCH3 is 3. The molecule has 0 atom stereocenters. The Labute approximate surface area is 164 Å². The van der Waals surface area contributed by atoms with Crippen molar-refractivity contribution in [2.45, 2.75) is 13.8 Å². The van der Waals surface area contributed by atoms with Crippen LogP contribution in [0.3, 0.4) is 0 Å². The number of nitrogens with zero attached hydrogens (tertiary/aromatic N) is 1. The molecule has 0 spiro atoms. The predicted octanol–water partition coefficient (Wildman–Crippen LogP) is 2.80. The fourth-order valence-corrected chi connectivity index (χ4v) is 2.95. The number of carbonyl (C=O) groups is 1. The summed E-state index contributed by atoms with van der Waals surface area (Å²) in [5, 5.41) is 3.70. The lowest BCUT2D eigenvalue weighted by Crippen LogP contribution is -2.21. The van der Waals surface area contributed by atoms with Crippen LogP contribution in [0.25, 0.3) is 0 Å². The van der Waals surface area contributed by atoms with E-state index in [1.807, 2.05) is 0 Å². The fourth-order valence-electron chi connectivity index (χ4n) is 1.97. The Bertz CT molecular complexity index is 698. The van der Waals surface area contributed by atoms with E-state index in [0.717, 1.165) is 0 Å². The number of esters is 1. The minimum absolute atomic E-state index is 0.00375. The molecule has 1 aromatic carbocycles. The van der Waals surface area contributed by atoms with Gasteiger partial charge in [0, 0.05) is 12.7 Å². The molecule has 0 radical (unpaired) electrons. The van der Waals surface area contributed by atoms with Gasteiger partial charge in [-0.2, -0.15) is 0 Å². The zero-order valence-corrected chi connectivity index (χ0v) is 17.5. The number of oxime groups is 1. The van der Waals surface area contributed by atoms with Crippen LogP contribution in [0.2, 0.25) is 0 Å². The van der Waals surface area contributed by atoms with Gasteiger partial charge in [-0.25, -0.2) is 9.36 Å². The van der Waals surface area contributed by atoms with Crippen LogP contribution in [-0.4, -0.2) is 59.4 Å². The number of phosphoric ester groups is 1. The molecule has 0 saturated carbocycles. The van der Waals surface area contributed by atoms with E-state index in [4.69, 9.17) is 32.6 Å². The second-order valence-electron chi connectivity index (χ2n) is 5.00. The van der Waals surface area contributed by atoms with Crippen molar-refractivity contribution in [3.63, 3.8) is 0 Å². The van der Waals surface area contributed by atoms with Crippen molar-refractivity contribution in [1.82, 2.24) is 0 Å². The molecule has 0 unspecified atom stereocenters. The SMILES string of the molecule is CCOP(=O)(OCC)ON=C(C(=O)OCCOC)c1ccc(OC)c(OC)c1. The quantitative estimate of drug-likeness (QED) is 0.157. The van der Waals surface area contributed by atoms with Crippen molar-refractivity contribution >= 4 is 19.5 Å². The van der Waals surface area contributed by atoms with Crippen LogP contribution < -0.4 is 9.47 Å². The summed E-state index contributed by atoms with van der Waals surface area (Å²) in [5.74, 6) is -0.00687. The Hall–Kier alpha value is -2.13. The third kappa shape index (κ3) is 7.12. The highest BCUT2D eigenvalue weighted by molar-refractivity contribution is 7.48. The summed E-state index contributed by atoms with van der Waals surface area (Å²) in [7, 11) is 0.428. The van der Waals surface area contributed by atoms with E-state index in [1.54, 1.807) is 26.0 Å². The molecule has 0 fully saturated rings. The highest BCUT2D eigenvalue weighted by Gasteiger charge is 2.29. The van der Waals surface area contributed by atoms with Gasteiger partial charge in [0.1, 0.15) is 6.61 Å². The van der Waals surface area contributed by atoms with Crippen molar-refractivity contribution in [3.05, 3.63) is 23.8 Å². The summed E-state index contributed by atoms with van der Waals surface area (Å²) in [5.41, 5.74) is 0.0382. The lowest BCUT2D eigenvalue weighted by atomic mass is 10.1.